The molecule has 0 unspecified atom stereocenters. The van der Waals surface area contributed by atoms with E-state index < -0.39 is 34.2 Å². The van der Waals surface area contributed by atoms with Gasteiger partial charge in [0.1, 0.15) is 0 Å². The Labute approximate surface area is 141 Å². The second kappa shape index (κ2) is 7.73. The first-order chi connectivity index (χ1) is 9.89. The minimum Gasteiger partial charge on any atom is -0.416 e. The van der Waals surface area contributed by atoms with Crippen LogP contribution in [-0.4, -0.2) is 34.2 Å². The van der Waals surface area contributed by atoms with Gasteiger partial charge in [0.2, 0.25) is 0 Å². The molecule has 0 aromatic heterocycles. The summed E-state index contributed by atoms with van der Waals surface area (Å²) in [6.45, 7) is 17.2. The molecule has 0 amide bonds. The van der Waals surface area contributed by atoms with Crippen molar-refractivity contribution in [3.63, 3.8) is 0 Å². The van der Waals surface area contributed by atoms with Crippen molar-refractivity contribution in [2.75, 3.05) is 0 Å². The lowest BCUT2D eigenvalue weighted by Crippen LogP contribution is -2.64. The molecular weight excluding hydrogens is 344 g/mol. The Kier molecular flexibility index (Phi) is 7.29. The highest BCUT2D eigenvalue weighted by Gasteiger charge is 2.51. The van der Waals surface area contributed by atoms with Crippen LogP contribution < -0.4 is 0 Å². The molecule has 1 heterocycles. The Morgan fingerprint density at radius 2 is 0.955 bits per heavy atom. The molecule has 0 N–H and O–H groups in total. The van der Waals surface area contributed by atoms with Crippen molar-refractivity contribution < 1.29 is 16.5 Å². The fourth-order valence-electron chi connectivity index (χ4n) is 3.46. The summed E-state index contributed by atoms with van der Waals surface area (Å²) in [6, 6.07) is 1.05. The number of rotatable bonds is 6. The van der Waals surface area contributed by atoms with Gasteiger partial charge in [0.05, 0.1) is 0 Å². The maximum Gasteiger partial charge on any atom is 0.317 e. The molecule has 1 rings (SSSR count). The third-order valence-corrected chi connectivity index (χ3v) is 20.2. The Bertz CT molecular complexity index is 339. The maximum atomic E-state index is 6.57. The summed E-state index contributed by atoms with van der Waals surface area (Å²) >= 11 is 0. The van der Waals surface area contributed by atoms with E-state index in [1.807, 2.05) is 0 Å². The molecule has 0 aromatic carbocycles. The first-order valence-electron chi connectivity index (χ1n) is 8.69. The summed E-state index contributed by atoms with van der Waals surface area (Å²) in [5.41, 5.74) is 0. The van der Waals surface area contributed by atoms with E-state index in [-0.39, 0.29) is 0 Å². The Hall–Kier alpha value is 0.708. The largest absolute Gasteiger partial charge is 0.416 e. The summed E-state index contributed by atoms with van der Waals surface area (Å²) < 4.78 is 25.9. The van der Waals surface area contributed by atoms with E-state index in [1.165, 1.54) is 32.1 Å². The van der Waals surface area contributed by atoms with Gasteiger partial charge in [0.15, 0.2) is 0 Å². The van der Waals surface area contributed by atoms with E-state index in [9.17, 15) is 0 Å². The second-order valence-corrected chi connectivity index (χ2v) is 22.3. The molecule has 0 bridgehead atoms. The predicted molar refractivity (Wildman–Crippen MR) is 102 cm³/mol. The molecule has 1 aliphatic rings. The standard InChI is InChI=1S/C14H36O4Si4/c1-9-10-11-12-13-14-22(8)17-20(4,5)15-19(2,3)16-21(6,7)18-22/h9-14H2,1-8H3. The normalized spacial score (nSPS) is 26.2. The van der Waals surface area contributed by atoms with E-state index in [0.29, 0.717) is 0 Å². The molecular formula is C14H36O4Si4. The van der Waals surface area contributed by atoms with Gasteiger partial charge in [-0.2, -0.15) is 0 Å². The SMILES string of the molecule is CCCCCCC[Si]1(C)O[Si](C)(C)O[Si](C)(C)O[Si](C)(C)O1. The van der Waals surface area contributed by atoms with Crippen molar-refractivity contribution >= 4 is 34.2 Å². The average Bonchev–Trinajstić information content (AvgIpc) is 2.21. The minimum atomic E-state index is -2.22. The van der Waals surface area contributed by atoms with Gasteiger partial charge in [0, 0.05) is 0 Å². The number of hydrogen-bond acceptors (Lipinski definition) is 4. The van der Waals surface area contributed by atoms with Gasteiger partial charge < -0.3 is 16.5 Å². The quantitative estimate of drug-likeness (QED) is 0.468. The Balaban J connectivity index is 2.75. The van der Waals surface area contributed by atoms with Gasteiger partial charge in [-0.3, -0.25) is 0 Å². The molecule has 0 aromatic rings. The van der Waals surface area contributed by atoms with Gasteiger partial charge in [-0.25, -0.2) is 0 Å². The molecule has 22 heavy (non-hydrogen) atoms. The molecule has 4 nitrogen and oxygen atoms in total. The average molecular weight is 381 g/mol. The highest BCUT2D eigenvalue weighted by atomic mass is 28.5. The molecule has 0 radical (unpaired) electrons. The second-order valence-electron chi connectivity index (χ2n) is 7.91. The molecule has 0 aliphatic carbocycles. The Morgan fingerprint density at radius 1 is 0.545 bits per heavy atom. The smallest absolute Gasteiger partial charge is 0.317 e. The monoisotopic (exact) mass is 380 g/mol. The van der Waals surface area contributed by atoms with Crippen molar-refractivity contribution in [2.24, 2.45) is 0 Å². The molecule has 0 saturated carbocycles. The Morgan fingerprint density at radius 3 is 1.41 bits per heavy atom. The van der Waals surface area contributed by atoms with Crippen molar-refractivity contribution in [3.8, 4) is 0 Å². The lowest BCUT2D eigenvalue weighted by atomic mass is 10.2. The van der Waals surface area contributed by atoms with E-state index in [1.54, 1.807) is 0 Å². The van der Waals surface area contributed by atoms with Gasteiger partial charge in [-0.15, -0.1) is 0 Å². The van der Waals surface area contributed by atoms with Crippen LogP contribution in [0.4, 0.5) is 0 Å². The number of hydrogen-bond donors (Lipinski definition) is 0. The van der Waals surface area contributed by atoms with Crippen LogP contribution in [0.5, 0.6) is 0 Å². The van der Waals surface area contributed by atoms with Crippen LogP contribution in [0, 0.1) is 0 Å². The van der Waals surface area contributed by atoms with Crippen LogP contribution in [-0.2, 0) is 16.5 Å². The zero-order valence-electron chi connectivity index (χ0n) is 15.9. The summed E-state index contributed by atoms with van der Waals surface area (Å²) in [6.07, 6.45) is 6.39. The summed E-state index contributed by atoms with van der Waals surface area (Å²) in [4.78, 5) is 0. The molecule has 1 fully saturated rings. The van der Waals surface area contributed by atoms with Crippen molar-refractivity contribution in [1.82, 2.24) is 0 Å². The zero-order chi connectivity index (χ0) is 17.1. The third kappa shape index (κ3) is 7.52. The molecule has 1 saturated heterocycles. The summed E-state index contributed by atoms with van der Waals surface area (Å²) in [7, 11) is -8.75. The maximum absolute atomic E-state index is 6.57. The van der Waals surface area contributed by atoms with Gasteiger partial charge in [0.25, 0.3) is 0 Å². The third-order valence-electron chi connectivity index (χ3n) is 3.64. The molecule has 132 valence electrons. The minimum absolute atomic E-state index is 1.05. The topological polar surface area (TPSA) is 36.9 Å². The van der Waals surface area contributed by atoms with Gasteiger partial charge in [-0.05, 0) is 51.9 Å². The van der Waals surface area contributed by atoms with Gasteiger partial charge >= 0.3 is 34.2 Å². The lowest BCUT2D eigenvalue weighted by molar-refractivity contribution is 0.233. The van der Waals surface area contributed by atoms with Crippen LogP contribution in [0.15, 0.2) is 0 Å². The van der Waals surface area contributed by atoms with E-state index >= 15 is 0 Å². The molecule has 0 atom stereocenters. The van der Waals surface area contributed by atoms with E-state index in [4.69, 9.17) is 16.5 Å². The van der Waals surface area contributed by atoms with Crippen molar-refractivity contribution in [3.05, 3.63) is 0 Å². The van der Waals surface area contributed by atoms with Gasteiger partial charge in [-0.1, -0.05) is 39.0 Å². The highest BCUT2D eigenvalue weighted by Crippen LogP contribution is 2.33. The first kappa shape index (κ1) is 20.8. The van der Waals surface area contributed by atoms with Crippen LogP contribution in [0.1, 0.15) is 39.0 Å². The summed E-state index contributed by atoms with van der Waals surface area (Å²) in [5, 5.41) is 0. The van der Waals surface area contributed by atoms with Crippen molar-refractivity contribution in [1.29, 1.82) is 0 Å². The van der Waals surface area contributed by atoms with E-state index in [0.717, 1.165) is 6.04 Å². The zero-order valence-corrected chi connectivity index (χ0v) is 19.9. The number of unbranched alkanes of at least 4 members (excludes halogenated alkanes) is 4. The fraction of sp³-hybridized carbons (Fsp3) is 1.00. The summed E-state index contributed by atoms with van der Waals surface area (Å²) in [5.74, 6) is 0. The van der Waals surface area contributed by atoms with E-state index in [2.05, 4.69) is 52.8 Å². The predicted octanol–water partition coefficient (Wildman–Crippen LogP) is 5.21. The van der Waals surface area contributed by atoms with Crippen LogP contribution in [0.3, 0.4) is 0 Å². The van der Waals surface area contributed by atoms with Crippen LogP contribution >= 0.6 is 0 Å². The molecule has 0 spiro atoms. The van der Waals surface area contributed by atoms with Crippen LogP contribution in [0.25, 0.3) is 0 Å². The molecule has 1 aliphatic heterocycles. The fourth-order valence-corrected chi connectivity index (χ4v) is 25.1. The molecule has 8 heteroatoms. The first-order valence-corrected chi connectivity index (χ1v) is 19.7. The lowest BCUT2D eigenvalue weighted by Gasteiger charge is -2.47. The van der Waals surface area contributed by atoms with Crippen molar-refractivity contribution in [2.45, 2.75) is 90.9 Å². The van der Waals surface area contributed by atoms with Crippen LogP contribution in [0.2, 0.25) is 51.9 Å². The highest BCUT2D eigenvalue weighted by molar-refractivity contribution is 6.93.